The molecule has 26 heavy (non-hydrogen) atoms. The predicted octanol–water partition coefficient (Wildman–Crippen LogP) is 3.62. The van der Waals surface area contributed by atoms with Crippen molar-refractivity contribution >= 4 is 11.3 Å². The third-order valence-electron chi connectivity index (χ3n) is 4.33. The van der Waals surface area contributed by atoms with Crippen LogP contribution >= 0.6 is 11.3 Å². The van der Waals surface area contributed by atoms with E-state index in [0.29, 0.717) is 6.61 Å². The van der Waals surface area contributed by atoms with Gasteiger partial charge in [0, 0.05) is 36.1 Å². The SMILES string of the molecule is COc1cccc(CN(C)[C@H](C)c2nccs2)c1OCCn1ccnc1. The summed E-state index contributed by atoms with van der Waals surface area (Å²) in [5, 5.41) is 3.12. The summed E-state index contributed by atoms with van der Waals surface area (Å²) in [6, 6.07) is 6.25. The Hall–Kier alpha value is -2.38. The molecule has 0 fully saturated rings. The molecule has 0 unspecified atom stereocenters. The molecule has 1 aromatic carbocycles. The average molecular weight is 372 g/mol. The number of thiazole rings is 1. The van der Waals surface area contributed by atoms with Crippen LogP contribution < -0.4 is 9.47 Å². The van der Waals surface area contributed by atoms with Gasteiger partial charge in [-0.15, -0.1) is 11.3 Å². The molecule has 2 aromatic heterocycles. The third kappa shape index (κ3) is 4.42. The van der Waals surface area contributed by atoms with Crippen molar-refractivity contribution in [3.63, 3.8) is 0 Å². The summed E-state index contributed by atoms with van der Waals surface area (Å²) in [5.41, 5.74) is 1.10. The second kappa shape index (κ2) is 8.82. The molecule has 0 bridgehead atoms. The van der Waals surface area contributed by atoms with Gasteiger partial charge in [-0.1, -0.05) is 12.1 Å². The molecule has 0 N–H and O–H groups in total. The lowest BCUT2D eigenvalue weighted by Crippen LogP contribution is -2.22. The van der Waals surface area contributed by atoms with E-state index in [9.17, 15) is 0 Å². The Morgan fingerprint density at radius 3 is 2.88 bits per heavy atom. The van der Waals surface area contributed by atoms with Crippen LogP contribution in [0.15, 0.2) is 48.5 Å². The molecule has 6 nitrogen and oxygen atoms in total. The van der Waals surface area contributed by atoms with Gasteiger partial charge in [0.25, 0.3) is 0 Å². The van der Waals surface area contributed by atoms with Gasteiger partial charge in [0.05, 0.1) is 26.0 Å². The number of hydrogen-bond donors (Lipinski definition) is 0. The van der Waals surface area contributed by atoms with E-state index in [-0.39, 0.29) is 6.04 Å². The van der Waals surface area contributed by atoms with Gasteiger partial charge in [-0.25, -0.2) is 9.97 Å². The number of hydrogen-bond acceptors (Lipinski definition) is 6. The number of rotatable bonds is 9. The van der Waals surface area contributed by atoms with Crippen LogP contribution in [0.4, 0.5) is 0 Å². The Kier molecular flexibility index (Phi) is 6.25. The Morgan fingerprint density at radius 2 is 2.19 bits per heavy atom. The molecule has 0 aliphatic carbocycles. The highest BCUT2D eigenvalue weighted by atomic mass is 32.1. The second-order valence-corrected chi connectivity index (χ2v) is 6.99. The van der Waals surface area contributed by atoms with E-state index in [1.807, 2.05) is 34.5 Å². The molecule has 0 saturated heterocycles. The molecular weight excluding hydrogens is 348 g/mol. The minimum Gasteiger partial charge on any atom is -0.493 e. The van der Waals surface area contributed by atoms with E-state index >= 15 is 0 Å². The zero-order valence-corrected chi connectivity index (χ0v) is 16.1. The van der Waals surface area contributed by atoms with Crippen molar-refractivity contribution in [1.29, 1.82) is 0 Å². The monoisotopic (exact) mass is 372 g/mol. The van der Waals surface area contributed by atoms with Gasteiger partial charge in [-0.3, -0.25) is 4.90 Å². The summed E-state index contributed by atoms with van der Waals surface area (Å²) in [6.07, 6.45) is 7.33. The molecule has 0 spiro atoms. The van der Waals surface area contributed by atoms with E-state index in [0.717, 1.165) is 35.2 Å². The molecule has 0 saturated carbocycles. The van der Waals surface area contributed by atoms with Crippen LogP contribution in [-0.2, 0) is 13.1 Å². The van der Waals surface area contributed by atoms with Crippen LogP contribution in [0, 0.1) is 0 Å². The minimum atomic E-state index is 0.236. The number of para-hydroxylation sites is 1. The molecule has 3 rings (SSSR count). The van der Waals surface area contributed by atoms with Gasteiger partial charge >= 0.3 is 0 Å². The highest BCUT2D eigenvalue weighted by Gasteiger charge is 2.18. The van der Waals surface area contributed by atoms with E-state index in [2.05, 4.69) is 34.9 Å². The lowest BCUT2D eigenvalue weighted by molar-refractivity contribution is 0.237. The number of ether oxygens (including phenoxy) is 2. The summed E-state index contributed by atoms with van der Waals surface area (Å²) in [7, 11) is 3.77. The summed E-state index contributed by atoms with van der Waals surface area (Å²) in [4.78, 5) is 10.7. The lowest BCUT2D eigenvalue weighted by atomic mass is 10.1. The van der Waals surface area contributed by atoms with Gasteiger partial charge in [-0.2, -0.15) is 0 Å². The van der Waals surface area contributed by atoms with E-state index in [1.54, 1.807) is 31.0 Å². The first-order chi connectivity index (χ1) is 12.7. The first-order valence-electron chi connectivity index (χ1n) is 8.53. The van der Waals surface area contributed by atoms with E-state index in [1.165, 1.54) is 0 Å². The molecule has 7 heteroatoms. The van der Waals surface area contributed by atoms with Crippen molar-refractivity contribution in [3.8, 4) is 11.5 Å². The third-order valence-corrected chi connectivity index (χ3v) is 5.27. The molecule has 3 aromatic rings. The summed E-state index contributed by atoms with van der Waals surface area (Å²) in [6.45, 7) is 4.20. The maximum atomic E-state index is 6.09. The maximum Gasteiger partial charge on any atom is 0.165 e. The highest BCUT2D eigenvalue weighted by molar-refractivity contribution is 7.09. The van der Waals surface area contributed by atoms with Gasteiger partial charge in [0.1, 0.15) is 11.6 Å². The number of benzene rings is 1. The van der Waals surface area contributed by atoms with Crippen molar-refractivity contribution in [3.05, 3.63) is 59.1 Å². The van der Waals surface area contributed by atoms with Crippen LogP contribution in [0.2, 0.25) is 0 Å². The largest absolute Gasteiger partial charge is 0.493 e. The van der Waals surface area contributed by atoms with Crippen LogP contribution in [0.5, 0.6) is 11.5 Å². The number of imidazole rings is 1. The molecule has 0 aliphatic heterocycles. The molecular formula is C19H24N4O2S. The number of aromatic nitrogens is 3. The van der Waals surface area contributed by atoms with E-state index in [4.69, 9.17) is 9.47 Å². The normalized spacial score (nSPS) is 12.3. The first kappa shape index (κ1) is 18.4. The molecule has 1 atom stereocenters. The van der Waals surface area contributed by atoms with Crippen molar-refractivity contribution in [2.45, 2.75) is 26.1 Å². The lowest BCUT2D eigenvalue weighted by Gasteiger charge is -2.24. The van der Waals surface area contributed by atoms with E-state index < -0.39 is 0 Å². The van der Waals surface area contributed by atoms with Crippen LogP contribution in [0.25, 0.3) is 0 Å². The Morgan fingerprint density at radius 1 is 1.31 bits per heavy atom. The molecule has 0 radical (unpaired) electrons. The summed E-state index contributed by atoms with van der Waals surface area (Å²) < 4.78 is 13.6. The maximum absolute atomic E-state index is 6.09. The molecule has 2 heterocycles. The zero-order valence-electron chi connectivity index (χ0n) is 15.3. The summed E-state index contributed by atoms with van der Waals surface area (Å²) in [5.74, 6) is 1.55. The van der Waals surface area contributed by atoms with Crippen LogP contribution in [-0.4, -0.2) is 40.2 Å². The highest BCUT2D eigenvalue weighted by Crippen LogP contribution is 2.33. The fraction of sp³-hybridized carbons (Fsp3) is 0.368. The molecule has 0 aliphatic rings. The Labute approximate surface area is 158 Å². The minimum absolute atomic E-state index is 0.236. The summed E-state index contributed by atoms with van der Waals surface area (Å²) >= 11 is 1.68. The second-order valence-electron chi connectivity index (χ2n) is 6.06. The standard InChI is InChI=1S/C19H24N4O2S/c1-15(19-21-8-12-26-19)22(2)13-16-5-4-6-17(24-3)18(16)25-11-10-23-9-7-20-14-23/h4-9,12,14-15H,10-11,13H2,1-3H3/t15-/m1/s1. The number of methoxy groups -OCH3 is 1. The van der Waals surface area contributed by atoms with Crippen molar-refractivity contribution in [1.82, 2.24) is 19.4 Å². The van der Waals surface area contributed by atoms with Crippen molar-refractivity contribution in [2.24, 2.45) is 0 Å². The average Bonchev–Trinajstić information content (AvgIpc) is 3.36. The van der Waals surface area contributed by atoms with Gasteiger partial charge in [-0.05, 0) is 20.0 Å². The fourth-order valence-electron chi connectivity index (χ4n) is 2.72. The van der Waals surface area contributed by atoms with Gasteiger partial charge < -0.3 is 14.0 Å². The zero-order chi connectivity index (χ0) is 18.4. The number of nitrogens with zero attached hydrogens (tertiary/aromatic N) is 4. The van der Waals surface area contributed by atoms with Crippen molar-refractivity contribution in [2.75, 3.05) is 20.8 Å². The molecule has 138 valence electrons. The smallest absolute Gasteiger partial charge is 0.165 e. The first-order valence-corrected chi connectivity index (χ1v) is 9.41. The topological polar surface area (TPSA) is 52.4 Å². The van der Waals surface area contributed by atoms with Crippen LogP contribution in [0.1, 0.15) is 23.5 Å². The van der Waals surface area contributed by atoms with Gasteiger partial charge in [0.2, 0.25) is 0 Å². The van der Waals surface area contributed by atoms with Crippen molar-refractivity contribution < 1.29 is 9.47 Å². The predicted molar refractivity (Wildman–Crippen MR) is 103 cm³/mol. The van der Waals surface area contributed by atoms with Crippen LogP contribution in [0.3, 0.4) is 0 Å². The fourth-order valence-corrected chi connectivity index (χ4v) is 3.48. The Bertz CT molecular complexity index is 790. The van der Waals surface area contributed by atoms with Gasteiger partial charge in [0.15, 0.2) is 11.5 Å². The quantitative estimate of drug-likeness (QED) is 0.574. The Balaban J connectivity index is 1.71. The molecule has 0 amide bonds.